The largest absolute Gasteiger partial charge is 0.480 e. The van der Waals surface area contributed by atoms with E-state index in [1.165, 1.54) is 15.8 Å². The van der Waals surface area contributed by atoms with Crippen molar-refractivity contribution in [3.05, 3.63) is 16.3 Å². The van der Waals surface area contributed by atoms with Crippen LogP contribution < -0.4 is 4.90 Å². The van der Waals surface area contributed by atoms with Gasteiger partial charge in [-0.25, -0.2) is 0 Å². The molecule has 0 radical (unpaired) electrons. The topological polar surface area (TPSA) is 102 Å². The lowest BCUT2D eigenvalue weighted by molar-refractivity contribution is -0.384. The first-order valence-electron chi connectivity index (χ1n) is 5.46. The Morgan fingerprint density at radius 1 is 1.67 bits per heavy atom. The summed E-state index contributed by atoms with van der Waals surface area (Å²) in [6.07, 6.45) is 1.27. The molecule has 0 saturated carbocycles. The summed E-state index contributed by atoms with van der Waals surface area (Å²) < 4.78 is 1.31. The Kier molecular flexibility index (Phi) is 4.24. The summed E-state index contributed by atoms with van der Waals surface area (Å²) in [6, 6.07) is 0. The molecule has 1 heterocycles. The van der Waals surface area contributed by atoms with E-state index in [1.807, 2.05) is 13.8 Å². The third-order valence-corrected chi connectivity index (χ3v) is 2.20. The Balaban J connectivity index is 3.10. The van der Waals surface area contributed by atoms with Crippen molar-refractivity contribution in [1.29, 1.82) is 0 Å². The Morgan fingerprint density at radius 3 is 2.72 bits per heavy atom. The van der Waals surface area contributed by atoms with Gasteiger partial charge in [-0.2, -0.15) is 0 Å². The third-order valence-electron chi connectivity index (χ3n) is 2.20. The Hall–Kier alpha value is -2.12. The molecule has 0 fully saturated rings. The lowest BCUT2D eigenvalue weighted by Gasteiger charge is -2.21. The second kappa shape index (κ2) is 5.48. The van der Waals surface area contributed by atoms with Crippen LogP contribution in [0.1, 0.15) is 13.8 Å². The zero-order chi connectivity index (χ0) is 13.9. The first-order valence-corrected chi connectivity index (χ1v) is 5.46. The quantitative estimate of drug-likeness (QED) is 0.598. The molecular formula is C10H16N4O4. The molecule has 1 rings (SSSR count). The van der Waals surface area contributed by atoms with E-state index >= 15 is 0 Å². The standard InChI is InChI=1S/C10H16N4O4/c1-7(2)4-13(6-9(15)16)10-8(14(17)18)5-12(3)11-10/h5,7H,4,6H2,1-3H3,(H,15,16). The molecule has 0 unspecified atom stereocenters. The summed E-state index contributed by atoms with van der Waals surface area (Å²) in [5, 5.41) is 23.7. The Labute approximate surface area is 104 Å². The maximum Gasteiger partial charge on any atom is 0.330 e. The first kappa shape index (κ1) is 13.9. The van der Waals surface area contributed by atoms with Crippen molar-refractivity contribution in [3.63, 3.8) is 0 Å². The van der Waals surface area contributed by atoms with Gasteiger partial charge in [-0.1, -0.05) is 13.8 Å². The molecule has 0 aliphatic heterocycles. The average Bonchev–Trinajstić information content (AvgIpc) is 2.58. The normalized spacial score (nSPS) is 10.7. The SMILES string of the molecule is CC(C)CN(CC(=O)O)c1nn(C)cc1[N+](=O)[O-]. The zero-order valence-corrected chi connectivity index (χ0v) is 10.5. The molecule has 0 spiro atoms. The van der Waals surface area contributed by atoms with Crippen LogP contribution in [0, 0.1) is 16.0 Å². The van der Waals surface area contributed by atoms with E-state index < -0.39 is 10.9 Å². The number of aliphatic carboxylic acids is 1. The van der Waals surface area contributed by atoms with Gasteiger partial charge in [0.15, 0.2) is 0 Å². The number of anilines is 1. The molecule has 100 valence electrons. The van der Waals surface area contributed by atoms with E-state index in [0.717, 1.165) is 0 Å². The van der Waals surface area contributed by atoms with E-state index in [1.54, 1.807) is 7.05 Å². The number of aromatic nitrogens is 2. The summed E-state index contributed by atoms with van der Waals surface area (Å²) in [5.74, 6) is -0.778. The highest BCUT2D eigenvalue weighted by Gasteiger charge is 2.25. The van der Waals surface area contributed by atoms with E-state index in [9.17, 15) is 14.9 Å². The molecule has 0 amide bonds. The van der Waals surface area contributed by atoms with Crippen molar-refractivity contribution in [2.75, 3.05) is 18.0 Å². The van der Waals surface area contributed by atoms with Crippen LogP contribution in [0.5, 0.6) is 0 Å². The summed E-state index contributed by atoms with van der Waals surface area (Å²) in [4.78, 5) is 22.5. The molecule has 1 aromatic heterocycles. The fraction of sp³-hybridized carbons (Fsp3) is 0.600. The minimum Gasteiger partial charge on any atom is -0.480 e. The fourth-order valence-corrected chi connectivity index (χ4v) is 1.65. The summed E-state index contributed by atoms with van der Waals surface area (Å²) >= 11 is 0. The molecule has 0 saturated heterocycles. The maximum atomic E-state index is 10.9. The van der Waals surface area contributed by atoms with E-state index in [-0.39, 0.29) is 24.0 Å². The number of hydrogen-bond acceptors (Lipinski definition) is 5. The van der Waals surface area contributed by atoms with Crippen LogP contribution in [-0.4, -0.2) is 38.9 Å². The van der Waals surface area contributed by atoms with Crippen molar-refractivity contribution in [2.45, 2.75) is 13.8 Å². The highest BCUT2D eigenvalue weighted by molar-refractivity contribution is 5.74. The van der Waals surface area contributed by atoms with Crippen LogP contribution >= 0.6 is 0 Å². The number of aryl methyl sites for hydroxylation is 1. The van der Waals surface area contributed by atoms with Crippen LogP contribution in [0.15, 0.2) is 6.20 Å². The molecule has 18 heavy (non-hydrogen) atoms. The number of carbonyl (C=O) groups is 1. The number of nitrogens with zero attached hydrogens (tertiary/aromatic N) is 4. The van der Waals surface area contributed by atoms with Crippen molar-refractivity contribution in [2.24, 2.45) is 13.0 Å². The van der Waals surface area contributed by atoms with Gasteiger partial charge >= 0.3 is 11.7 Å². The lowest BCUT2D eigenvalue weighted by atomic mass is 10.2. The number of rotatable bonds is 6. The van der Waals surface area contributed by atoms with Crippen molar-refractivity contribution >= 4 is 17.5 Å². The monoisotopic (exact) mass is 256 g/mol. The van der Waals surface area contributed by atoms with Gasteiger partial charge in [0.1, 0.15) is 12.7 Å². The minimum atomic E-state index is -1.05. The summed E-state index contributed by atoms with van der Waals surface area (Å²) in [6.45, 7) is 3.90. The van der Waals surface area contributed by atoms with Gasteiger partial charge in [0.25, 0.3) is 0 Å². The first-order chi connectivity index (χ1) is 8.31. The number of nitro groups is 1. The van der Waals surface area contributed by atoms with Gasteiger partial charge in [0, 0.05) is 13.6 Å². The van der Waals surface area contributed by atoms with Crippen molar-refractivity contribution in [1.82, 2.24) is 9.78 Å². The molecule has 0 aliphatic rings. The van der Waals surface area contributed by atoms with Crippen molar-refractivity contribution in [3.8, 4) is 0 Å². The van der Waals surface area contributed by atoms with Gasteiger partial charge in [-0.15, -0.1) is 5.10 Å². The molecule has 1 aromatic rings. The Bertz CT molecular complexity index is 455. The van der Waals surface area contributed by atoms with Crippen LogP contribution in [0.2, 0.25) is 0 Å². The number of carboxylic acid groups (broad SMARTS) is 1. The van der Waals surface area contributed by atoms with Gasteiger partial charge in [-0.05, 0) is 5.92 Å². The molecule has 0 aromatic carbocycles. The molecular weight excluding hydrogens is 240 g/mol. The van der Waals surface area contributed by atoms with E-state index in [4.69, 9.17) is 5.11 Å². The average molecular weight is 256 g/mol. The second-order valence-corrected chi connectivity index (χ2v) is 4.44. The highest BCUT2D eigenvalue weighted by atomic mass is 16.6. The molecule has 0 aliphatic carbocycles. The van der Waals surface area contributed by atoms with E-state index in [0.29, 0.717) is 6.54 Å². The predicted molar refractivity (Wildman–Crippen MR) is 64.5 cm³/mol. The number of carboxylic acids is 1. The summed E-state index contributed by atoms with van der Waals surface area (Å²) in [5.41, 5.74) is -0.181. The summed E-state index contributed by atoms with van der Waals surface area (Å²) in [7, 11) is 1.56. The molecule has 0 atom stereocenters. The van der Waals surface area contributed by atoms with Gasteiger partial charge < -0.3 is 10.0 Å². The Morgan fingerprint density at radius 2 is 2.28 bits per heavy atom. The van der Waals surface area contributed by atoms with Crippen LogP contribution in [0.3, 0.4) is 0 Å². The minimum absolute atomic E-state index is 0.0959. The van der Waals surface area contributed by atoms with Gasteiger partial charge in [-0.3, -0.25) is 19.6 Å². The lowest BCUT2D eigenvalue weighted by Crippen LogP contribution is -2.33. The van der Waals surface area contributed by atoms with Crippen LogP contribution in [0.25, 0.3) is 0 Å². The molecule has 0 bridgehead atoms. The fourth-order valence-electron chi connectivity index (χ4n) is 1.65. The van der Waals surface area contributed by atoms with Crippen LogP contribution in [-0.2, 0) is 11.8 Å². The van der Waals surface area contributed by atoms with Crippen LogP contribution in [0.4, 0.5) is 11.5 Å². The zero-order valence-electron chi connectivity index (χ0n) is 10.5. The predicted octanol–water partition coefficient (Wildman–Crippen LogP) is 0.875. The number of hydrogen-bond donors (Lipinski definition) is 1. The molecule has 8 nitrogen and oxygen atoms in total. The molecule has 8 heteroatoms. The van der Waals surface area contributed by atoms with Gasteiger partial charge in [0.05, 0.1) is 4.92 Å². The van der Waals surface area contributed by atoms with Crippen molar-refractivity contribution < 1.29 is 14.8 Å². The smallest absolute Gasteiger partial charge is 0.330 e. The van der Waals surface area contributed by atoms with E-state index in [2.05, 4.69) is 5.10 Å². The maximum absolute atomic E-state index is 10.9. The van der Waals surface area contributed by atoms with Gasteiger partial charge in [0.2, 0.25) is 5.82 Å². The third kappa shape index (κ3) is 3.44. The second-order valence-electron chi connectivity index (χ2n) is 4.44. The molecule has 1 N–H and O–H groups in total. The highest BCUT2D eigenvalue weighted by Crippen LogP contribution is 2.26.